The molecule has 1 unspecified atom stereocenters. The molecule has 1 aliphatic rings. The van der Waals surface area contributed by atoms with Gasteiger partial charge in [0.05, 0.1) is 6.61 Å². The monoisotopic (exact) mass is 295 g/mol. The number of nitrogens with one attached hydrogen (secondary N) is 1. The second kappa shape index (κ2) is 7.09. The smallest absolute Gasteiger partial charge is 0.327 e. The van der Waals surface area contributed by atoms with Gasteiger partial charge in [0.15, 0.2) is 0 Å². The van der Waals surface area contributed by atoms with Gasteiger partial charge in [0.2, 0.25) is 0 Å². The summed E-state index contributed by atoms with van der Waals surface area (Å²) in [6.45, 7) is 4.17. The van der Waals surface area contributed by atoms with Gasteiger partial charge in [-0.25, -0.2) is 4.79 Å². The number of carbonyl (C=O) groups is 1. The number of esters is 1. The van der Waals surface area contributed by atoms with Crippen molar-refractivity contribution >= 4 is 17.6 Å². The molecule has 2 rings (SSSR count). The lowest BCUT2D eigenvalue weighted by Gasteiger charge is -2.22. The van der Waals surface area contributed by atoms with Gasteiger partial charge in [0, 0.05) is 11.1 Å². The number of hydrogen-bond donors (Lipinski definition) is 1. The number of ether oxygens (including phenoxy) is 1. The van der Waals surface area contributed by atoms with Crippen LogP contribution in [0.3, 0.4) is 0 Å². The molecule has 0 radical (unpaired) electrons. The zero-order valence-electron chi connectivity index (χ0n) is 12.1. The van der Waals surface area contributed by atoms with Crippen molar-refractivity contribution < 1.29 is 9.53 Å². The van der Waals surface area contributed by atoms with Crippen LogP contribution in [-0.4, -0.2) is 18.6 Å². The fraction of sp³-hybridized carbons (Fsp3) is 0.562. The van der Waals surface area contributed by atoms with Crippen molar-refractivity contribution in [2.75, 3.05) is 6.61 Å². The average Bonchev–Trinajstić information content (AvgIpc) is 2.92. The molecule has 0 spiro atoms. The fourth-order valence-electron chi connectivity index (χ4n) is 2.64. The Morgan fingerprint density at radius 2 is 2.15 bits per heavy atom. The third-order valence-electron chi connectivity index (χ3n) is 3.81. The fourth-order valence-corrected chi connectivity index (χ4v) is 2.83. The molecule has 4 heteroatoms. The maximum absolute atomic E-state index is 12.2. The van der Waals surface area contributed by atoms with Crippen molar-refractivity contribution in [2.24, 2.45) is 0 Å². The Kier molecular flexibility index (Phi) is 5.44. The summed E-state index contributed by atoms with van der Waals surface area (Å²) >= 11 is 6.18. The van der Waals surface area contributed by atoms with Crippen LogP contribution < -0.4 is 5.32 Å². The number of halogens is 1. The Balaban J connectivity index is 2.19. The normalized spacial score (nSPS) is 17.1. The summed E-state index contributed by atoms with van der Waals surface area (Å²) in [5.74, 6) is -0.223. The van der Waals surface area contributed by atoms with E-state index in [1.807, 2.05) is 32.0 Å². The first kappa shape index (κ1) is 15.3. The topological polar surface area (TPSA) is 38.3 Å². The molecule has 0 saturated heterocycles. The van der Waals surface area contributed by atoms with Crippen LogP contribution in [0, 0.1) is 6.92 Å². The van der Waals surface area contributed by atoms with Crippen molar-refractivity contribution in [2.45, 2.75) is 51.6 Å². The Hall–Kier alpha value is -1.06. The van der Waals surface area contributed by atoms with Gasteiger partial charge in [-0.1, -0.05) is 36.6 Å². The largest absolute Gasteiger partial charge is 0.465 e. The third kappa shape index (κ3) is 3.74. The van der Waals surface area contributed by atoms with Gasteiger partial charge >= 0.3 is 5.97 Å². The van der Waals surface area contributed by atoms with Crippen LogP contribution >= 0.6 is 11.6 Å². The van der Waals surface area contributed by atoms with Gasteiger partial charge in [0.25, 0.3) is 0 Å². The van der Waals surface area contributed by atoms with E-state index in [9.17, 15) is 4.79 Å². The highest BCUT2D eigenvalue weighted by molar-refractivity contribution is 6.31. The van der Waals surface area contributed by atoms with Gasteiger partial charge in [-0.2, -0.15) is 0 Å². The quantitative estimate of drug-likeness (QED) is 0.840. The second-order valence-electron chi connectivity index (χ2n) is 5.34. The van der Waals surface area contributed by atoms with Gasteiger partial charge in [-0.15, -0.1) is 0 Å². The summed E-state index contributed by atoms with van der Waals surface area (Å²) in [4.78, 5) is 12.2. The Morgan fingerprint density at radius 1 is 1.45 bits per heavy atom. The summed E-state index contributed by atoms with van der Waals surface area (Å²) in [7, 11) is 0. The van der Waals surface area contributed by atoms with Crippen molar-refractivity contribution in [1.82, 2.24) is 5.32 Å². The summed E-state index contributed by atoms with van der Waals surface area (Å²) in [5.41, 5.74) is 1.89. The number of carbonyl (C=O) groups excluding carboxylic acids is 1. The third-order valence-corrected chi connectivity index (χ3v) is 4.22. The lowest BCUT2D eigenvalue weighted by atomic mass is 10.0. The molecule has 1 saturated carbocycles. The van der Waals surface area contributed by atoms with E-state index in [-0.39, 0.29) is 5.97 Å². The molecular weight excluding hydrogens is 274 g/mol. The molecule has 0 aromatic heterocycles. The predicted molar refractivity (Wildman–Crippen MR) is 81.0 cm³/mol. The first-order chi connectivity index (χ1) is 9.61. The molecule has 0 heterocycles. The van der Waals surface area contributed by atoms with Crippen LogP contribution in [0.1, 0.15) is 49.8 Å². The molecule has 1 fully saturated rings. The Bertz CT molecular complexity index is 470. The molecule has 0 aliphatic heterocycles. The van der Waals surface area contributed by atoms with Crippen molar-refractivity contribution in [3.8, 4) is 0 Å². The van der Waals surface area contributed by atoms with E-state index < -0.39 is 6.04 Å². The summed E-state index contributed by atoms with van der Waals surface area (Å²) < 4.78 is 5.19. The highest BCUT2D eigenvalue weighted by Crippen LogP contribution is 2.26. The highest BCUT2D eigenvalue weighted by Gasteiger charge is 2.27. The van der Waals surface area contributed by atoms with E-state index in [4.69, 9.17) is 16.3 Å². The van der Waals surface area contributed by atoms with Crippen molar-refractivity contribution in [3.05, 3.63) is 34.3 Å². The molecule has 0 amide bonds. The highest BCUT2D eigenvalue weighted by atomic mass is 35.5. The van der Waals surface area contributed by atoms with Crippen molar-refractivity contribution in [1.29, 1.82) is 0 Å². The maximum Gasteiger partial charge on any atom is 0.327 e. The Morgan fingerprint density at radius 3 is 2.75 bits per heavy atom. The van der Waals surface area contributed by atoms with Crippen LogP contribution in [0.2, 0.25) is 5.02 Å². The number of aryl methyl sites for hydroxylation is 1. The van der Waals surface area contributed by atoms with Gasteiger partial charge < -0.3 is 4.74 Å². The second-order valence-corrected chi connectivity index (χ2v) is 5.75. The van der Waals surface area contributed by atoms with E-state index >= 15 is 0 Å². The maximum atomic E-state index is 12.2. The van der Waals surface area contributed by atoms with Gasteiger partial charge in [-0.05, 0) is 43.9 Å². The summed E-state index contributed by atoms with van der Waals surface area (Å²) in [6, 6.07) is 5.73. The van der Waals surface area contributed by atoms with Crippen LogP contribution in [0.25, 0.3) is 0 Å². The van der Waals surface area contributed by atoms with Crippen molar-refractivity contribution in [3.63, 3.8) is 0 Å². The molecule has 1 aromatic carbocycles. The van der Waals surface area contributed by atoms with E-state index in [2.05, 4.69) is 5.32 Å². The average molecular weight is 296 g/mol. The molecule has 1 N–H and O–H groups in total. The number of benzene rings is 1. The first-order valence-electron chi connectivity index (χ1n) is 7.30. The molecule has 1 aromatic rings. The first-order valence-corrected chi connectivity index (χ1v) is 7.68. The van der Waals surface area contributed by atoms with E-state index in [0.717, 1.165) is 24.0 Å². The van der Waals surface area contributed by atoms with Crippen LogP contribution in [0.5, 0.6) is 0 Å². The van der Waals surface area contributed by atoms with Crippen LogP contribution in [-0.2, 0) is 9.53 Å². The molecule has 20 heavy (non-hydrogen) atoms. The van der Waals surface area contributed by atoms with Crippen LogP contribution in [0.4, 0.5) is 0 Å². The molecule has 3 nitrogen and oxygen atoms in total. The molecule has 1 atom stereocenters. The predicted octanol–water partition coefficient (Wildman–Crippen LogP) is 3.78. The molecule has 0 bridgehead atoms. The Labute approximate surface area is 125 Å². The van der Waals surface area contributed by atoms with Crippen LogP contribution in [0.15, 0.2) is 18.2 Å². The minimum atomic E-state index is -0.420. The van der Waals surface area contributed by atoms with E-state index in [1.54, 1.807) is 0 Å². The van der Waals surface area contributed by atoms with Gasteiger partial charge in [-0.3, -0.25) is 5.32 Å². The SMILES string of the molecule is CCOC(=O)C(NC1CCCC1)c1ccc(C)c(Cl)c1. The van der Waals surface area contributed by atoms with Gasteiger partial charge in [0.1, 0.15) is 6.04 Å². The zero-order valence-corrected chi connectivity index (χ0v) is 12.9. The lowest BCUT2D eigenvalue weighted by molar-refractivity contribution is -0.146. The minimum Gasteiger partial charge on any atom is -0.465 e. The lowest BCUT2D eigenvalue weighted by Crippen LogP contribution is -2.36. The summed E-state index contributed by atoms with van der Waals surface area (Å²) in [5, 5.41) is 4.12. The molecule has 1 aliphatic carbocycles. The number of hydrogen-bond acceptors (Lipinski definition) is 3. The minimum absolute atomic E-state index is 0.223. The molecular formula is C16H22ClNO2. The number of rotatable bonds is 5. The molecule has 110 valence electrons. The standard InChI is InChI=1S/C16H22ClNO2/c1-3-20-16(19)15(18-13-6-4-5-7-13)12-9-8-11(2)14(17)10-12/h8-10,13,15,18H,3-7H2,1-2H3. The van der Waals surface area contributed by atoms with E-state index in [1.165, 1.54) is 12.8 Å². The zero-order chi connectivity index (χ0) is 14.5. The summed E-state index contributed by atoms with van der Waals surface area (Å²) in [6.07, 6.45) is 4.69. The van der Waals surface area contributed by atoms with E-state index in [0.29, 0.717) is 17.7 Å².